The van der Waals surface area contributed by atoms with E-state index in [1.54, 1.807) is 19.2 Å². The Hall–Kier alpha value is -2.56. The number of halogens is 1. The van der Waals surface area contributed by atoms with Gasteiger partial charge < -0.3 is 14.8 Å². The molecule has 0 radical (unpaired) electrons. The van der Waals surface area contributed by atoms with Gasteiger partial charge in [-0.1, -0.05) is 24.3 Å². The number of benzene rings is 2. The van der Waals surface area contributed by atoms with Crippen LogP contribution >= 0.6 is 0 Å². The van der Waals surface area contributed by atoms with E-state index < -0.39 is 0 Å². The van der Waals surface area contributed by atoms with Crippen LogP contribution in [-0.2, 0) is 11.2 Å². The van der Waals surface area contributed by atoms with E-state index in [4.69, 9.17) is 9.47 Å². The molecule has 2 aromatic carbocycles. The van der Waals surface area contributed by atoms with E-state index >= 15 is 0 Å². The molecule has 23 heavy (non-hydrogen) atoms. The van der Waals surface area contributed by atoms with E-state index in [9.17, 15) is 9.18 Å². The van der Waals surface area contributed by atoms with E-state index in [1.165, 1.54) is 12.1 Å². The predicted molar refractivity (Wildman–Crippen MR) is 86.2 cm³/mol. The van der Waals surface area contributed by atoms with E-state index in [-0.39, 0.29) is 24.2 Å². The Bertz CT molecular complexity index is 643. The Morgan fingerprint density at radius 1 is 1.13 bits per heavy atom. The molecule has 0 saturated carbocycles. The third-order valence-corrected chi connectivity index (χ3v) is 3.24. The lowest BCUT2D eigenvalue weighted by Crippen LogP contribution is -2.37. The number of para-hydroxylation sites is 2. The zero-order chi connectivity index (χ0) is 16.7. The van der Waals surface area contributed by atoms with Gasteiger partial charge in [0.2, 0.25) is 5.91 Å². The monoisotopic (exact) mass is 317 g/mol. The number of hydrogen-bond donors (Lipinski definition) is 1. The molecule has 2 rings (SSSR count). The van der Waals surface area contributed by atoms with Crippen LogP contribution in [0.15, 0.2) is 48.5 Å². The van der Waals surface area contributed by atoms with Crippen molar-refractivity contribution in [1.82, 2.24) is 5.32 Å². The quantitative estimate of drug-likeness (QED) is 0.854. The third kappa shape index (κ3) is 5.29. The minimum absolute atomic E-state index is 0.132. The molecule has 0 bridgehead atoms. The van der Waals surface area contributed by atoms with Gasteiger partial charge in [-0.25, -0.2) is 4.39 Å². The summed E-state index contributed by atoms with van der Waals surface area (Å²) in [6.45, 7) is 2.19. The van der Waals surface area contributed by atoms with Crippen molar-refractivity contribution >= 4 is 5.91 Å². The first kappa shape index (κ1) is 16.8. The summed E-state index contributed by atoms with van der Waals surface area (Å²) < 4.78 is 23.7. The largest absolute Gasteiger partial charge is 0.493 e. The molecule has 0 saturated heterocycles. The Labute approximate surface area is 135 Å². The molecule has 1 N–H and O–H groups in total. The highest BCUT2D eigenvalue weighted by Crippen LogP contribution is 2.25. The second kappa shape index (κ2) is 8.17. The molecular formula is C18H20FNO3. The van der Waals surface area contributed by atoms with Crippen molar-refractivity contribution in [1.29, 1.82) is 0 Å². The summed E-state index contributed by atoms with van der Waals surface area (Å²) in [7, 11) is 1.58. The SMILES string of the molecule is COc1ccccc1OCC(C)NC(=O)Cc1ccc(F)cc1. The van der Waals surface area contributed by atoms with Crippen molar-refractivity contribution < 1.29 is 18.7 Å². The van der Waals surface area contributed by atoms with Gasteiger partial charge in [-0.15, -0.1) is 0 Å². The second-order valence-electron chi connectivity index (χ2n) is 5.23. The standard InChI is InChI=1S/C18H20FNO3/c1-13(12-23-17-6-4-3-5-16(17)22-2)20-18(21)11-14-7-9-15(19)10-8-14/h3-10,13H,11-12H2,1-2H3,(H,20,21). The summed E-state index contributed by atoms with van der Waals surface area (Å²) in [4.78, 5) is 12.0. The molecule has 4 nitrogen and oxygen atoms in total. The Morgan fingerprint density at radius 2 is 1.78 bits per heavy atom. The fourth-order valence-electron chi connectivity index (χ4n) is 2.11. The fraction of sp³-hybridized carbons (Fsp3) is 0.278. The van der Waals surface area contributed by atoms with E-state index in [0.29, 0.717) is 18.1 Å². The van der Waals surface area contributed by atoms with Crippen LogP contribution < -0.4 is 14.8 Å². The summed E-state index contributed by atoms with van der Waals surface area (Å²) in [5, 5.41) is 2.85. The molecule has 0 aromatic heterocycles. The summed E-state index contributed by atoms with van der Waals surface area (Å²) >= 11 is 0. The van der Waals surface area contributed by atoms with Gasteiger partial charge in [0.1, 0.15) is 12.4 Å². The van der Waals surface area contributed by atoms with Gasteiger partial charge in [-0.05, 0) is 36.8 Å². The van der Waals surface area contributed by atoms with Crippen LogP contribution in [0.3, 0.4) is 0 Å². The van der Waals surface area contributed by atoms with E-state index in [0.717, 1.165) is 5.56 Å². The Balaban J connectivity index is 1.81. The third-order valence-electron chi connectivity index (χ3n) is 3.24. The molecule has 122 valence electrons. The lowest BCUT2D eigenvalue weighted by atomic mass is 10.1. The van der Waals surface area contributed by atoms with Crippen LogP contribution in [-0.4, -0.2) is 25.7 Å². The lowest BCUT2D eigenvalue weighted by Gasteiger charge is -2.16. The molecule has 0 aliphatic rings. The minimum Gasteiger partial charge on any atom is -0.493 e. The number of carbonyl (C=O) groups is 1. The van der Waals surface area contributed by atoms with Crippen molar-refractivity contribution in [3.8, 4) is 11.5 Å². The zero-order valence-electron chi connectivity index (χ0n) is 13.2. The first-order chi connectivity index (χ1) is 11.1. The molecule has 5 heteroatoms. The van der Waals surface area contributed by atoms with Gasteiger partial charge in [0.25, 0.3) is 0 Å². The molecule has 2 aromatic rings. The molecule has 0 aliphatic carbocycles. The minimum atomic E-state index is -0.312. The topological polar surface area (TPSA) is 47.6 Å². The number of methoxy groups -OCH3 is 1. The summed E-state index contributed by atoms with van der Waals surface area (Å²) in [5.41, 5.74) is 0.766. The van der Waals surface area contributed by atoms with Crippen LogP contribution in [0.2, 0.25) is 0 Å². The number of nitrogens with one attached hydrogen (secondary N) is 1. The maximum absolute atomic E-state index is 12.8. The predicted octanol–water partition coefficient (Wildman–Crippen LogP) is 2.96. The van der Waals surface area contributed by atoms with E-state index in [2.05, 4.69) is 5.32 Å². The number of amides is 1. The van der Waals surface area contributed by atoms with Gasteiger partial charge in [-0.3, -0.25) is 4.79 Å². The average molecular weight is 317 g/mol. The number of ether oxygens (including phenoxy) is 2. The summed E-state index contributed by atoms with van der Waals surface area (Å²) in [6.07, 6.45) is 0.208. The molecule has 0 aliphatic heterocycles. The number of rotatable bonds is 7. The highest BCUT2D eigenvalue weighted by Gasteiger charge is 2.10. The molecule has 1 atom stereocenters. The fourth-order valence-corrected chi connectivity index (χ4v) is 2.11. The lowest BCUT2D eigenvalue weighted by molar-refractivity contribution is -0.121. The normalized spacial score (nSPS) is 11.6. The molecule has 1 unspecified atom stereocenters. The van der Waals surface area contributed by atoms with Crippen LogP contribution in [0, 0.1) is 5.82 Å². The molecule has 0 heterocycles. The maximum atomic E-state index is 12.8. The highest BCUT2D eigenvalue weighted by atomic mass is 19.1. The van der Waals surface area contributed by atoms with Gasteiger partial charge >= 0.3 is 0 Å². The summed E-state index contributed by atoms with van der Waals surface area (Å²) in [6, 6.07) is 13.1. The van der Waals surface area contributed by atoms with Gasteiger partial charge in [0.15, 0.2) is 11.5 Å². The van der Waals surface area contributed by atoms with Crippen molar-refractivity contribution in [3.63, 3.8) is 0 Å². The Kier molecular flexibility index (Phi) is 5.97. The molecular weight excluding hydrogens is 297 g/mol. The Morgan fingerprint density at radius 3 is 2.43 bits per heavy atom. The van der Waals surface area contributed by atoms with Crippen molar-refractivity contribution in [2.24, 2.45) is 0 Å². The molecule has 0 fully saturated rings. The van der Waals surface area contributed by atoms with Gasteiger partial charge in [0.05, 0.1) is 19.6 Å². The van der Waals surface area contributed by atoms with Crippen molar-refractivity contribution in [2.45, 2.75) is 19.4 Å². The zero-order valence-corrected chi connectivity index (χ0v) is 13.2. The van der Waals surface area contributed by atoms with Crippen molar-refractivity contribution in [2.75, 3.05) is 13.7 Å². The first-order valence-corrected chi connectivity index (χ1v) is 7.38. The molecule has 0 spiro atoms. The number of carbonyl (C=O) groups excluding carboxylic acids is 1. The van der Waals surface area contributed by atoms with Crippen molar-refractivity contribution in [3.05, 3.63) is 59.9 Å². The number of hydrogen-bond acceptors (Lipinski definition) is 3. The van der Waals surface area contributed by atoms with Crippen LogP contribution in [0.4, 0.5) is 4.39 Å². The highest BCUT2D eigenvalue weighted by molar-refractivity contribution is 5.78. The summed E-state index contributed by atoms with van der Waals surface area (Å²) in [5.74, 6) is 0.840. The van der Waals surface area contributed by atoms with Crippen LogP contribution in [0.1, 0.15) is 12.5 Å². The van der Waals surface area contributed by atoms with E-state index in [1.807, 2.05) is 31.2 Å². The molecule has 1 amide bonds. The van der Waals surface area contributed by atoms with Gasteiger partial charge in [-0.2, -0.15) is 0 Å². The first-order valence-electron chi connectivity index (χ1n) is 7.38. The van der Waals surface area contributed by atoms with Crippen LogP contribution in [0.5, 0.6) is 11.5 Å². The average Bonchev–Trinajstić information content (AvgIpc) is 2.55. The smallest absolute Gasteiger partial charge is 0.224 e. The maximum Gasteiger partial charge on any atom is 0.224 e. The van der Waals surface area contributed by atoms with Crippen LogP contribution in [0.25, 0.3) is 0 Å². The van der Waals surface area contributed by atoms with Gasteiger partial charge in [0, 0.05) is 0 Å². The second-order valence-corrected chi connectivity index (χ2v) is 5.23.